The molecule has 3 atom stereocenters. The molecule has 1 saturated carbocycles. The molecule has 2 heterocycles. The number of carboxylic acid groups (broad SMARTS) is 2. The molecule has 1 aliphatic heterocycles. The average molecular weight is 477 g/mol. The van der Waals surface area contributed by atoms with Crippen molar-refractivity contribution in [2.24, 2.45) is 10.8 Å². The standard InChI is InChI=1S/C23H29BrN2O4/c1-22(2)9-15-10-23(3,12-22)13-26(15)20(21(29)30)17-11-25(7-6-19(27)28)18-8-14(24)4-5-16(17)18/h4-5,8,11,15,20H,6-7,9-10,12-13H2,1-3H3,(H,27,28)(H,29,30)/t15-,20-,23-/m0/s1. The minimum absolute atomic E-state index is 0.00787. The Labute approximate surface area is 185 Å². The number of likely N-dealkylation sites (tertiary alicyclic amines) is 1. The molecule has 30 heavy (non-hydrogen) atoms. The van der Waals surface area contributed by atoms with E-state index in [9.17, 15) is 14.7 Å². The third-order valence-electron chi connectivity index (χ3n) is 6.76. The number of aromatic nitrogens is 1. The Bertz CT molecular complexity index is 1010. The van der Waals surface area contributed by atoms with Crippen LogP contribution in [-0.2, 0) is 16.1 Å². The zero-order valence-corrected chi connectivity index (χ0v) is 19.3. The Morgan fingerprint density at radius 2 is 1.97 bits per heavy atom. The van der Waals surface area contributed by atoms with Gasteiger partial charge in [-0.3, -0.25) is 14.5 Å². The van der Waals surface area contributed by atoms with Crippen molar-refractivity contribution < 1.29 is 19.8 Å². The third-order valence-corrected chi connectivity index (χ3v) is 7.25. The number of rotatable bonds is 6. The largest absolute Gasteiger partial charge is 0.481 e. The smallest absolute Gasteiger partial charge is 0.325 e. The summed E-state index contributed by atoms with van der Waals surface area (Å²) in [6.45, 7) is 7.93. The summed E-state index contributed by atoms with van der Waals surface area (Å²) in [5.41, 5.74) is 1.95. The lowest BCUT2D eigenvalue weighted by atomic mass is 9.65. The van der Waals surface area contributed by atoms with Gasteiger partial charge in [0.25, 0.3) is 0 Å². The van der Waals surface area contributed by atoms with Gasteiger partial charge in [0.2, 0.25) is 0 Å². The van der Waals surface area contributed by atoms with Gasteiger partial charge >= 0.3 is 11.9 Å². The molecular formula is C23H29BrN2O4. The molecule has 0 amide bonds. The van der Waals surface area contributed by atoms with Crippen LogP contribution in [0.1, 0.15) is 58.1 Å². The molecule has 0 unspecified atom stereocenters. The summed E-state index contributed by atoms with van der Waals surface area (Å²) in [5.74, 6) is -1.71. The van der Waals surface area contributed by atoms with Gasteiger partial charge in [-0.05, 0) is 42.2 Å². The normalized spacial score (nSPS) is 26.7. The van der Waals surface area contributed by atoms with Crippen molar-refractivity contribution in [1.82, 2.24) is 9.47 Å². The number of aliphatic carboxylic acids is 2. The molecule has 1 aromatic heterocycles. The van der Waals surface area contributed by atoms with Crippen molar-refractivity contribution in [2.45, 2.75) is 65.1 Å². The average Bonchev–Trinajstić information content (AvgIpc) is 3.06. The number of fused-ring (bicyclic) bond motifs is 3. The molecule has 6 nitrogen and oxygen atoms in total. The van der Waals surface area contributed by atoms with Crippen LogP contribution in [0.25, 0.3) is 10.9 Å². The summed E-state index contributed by atoms with van der Waals surface area (Å²) in [7, 11) is 0. The minimum atomic E-state index is -0.869. The van der Waals surface area contributed by atoms with E-state index in [-0.39, 0.29) is 23.3 Å². The molecule has 2 bridgehead atoms. The van der Waals surface area contributed by atoms with Gasteiger partial charge in [-0.2, -0.15) is 0 Å². The fourth-order valence-electron chi connectivity index (χ4n) is 6.17. The fourth-order valence-corrected chi connectivity index (χ4v) is 6.52. The molecule has 4 rings (SSSR count). The molecule has 1 aliphatic carbocycles. The summed E-state index contributed by atoms with van der Waals surface area (Å²) >= 11 is 3.49. The van der Waals surface area contributed by atoms with Crippen LogP contribution in [-0.4, -0.2) is 44.2 Å². The van der Waals surface area contributed by atoms with Crippen molar-refractivity contribution in [2.75, 3.05) is 6.54 Å². The van der Waals surface area contributed by atoms with E-state index in [1.54, 1.807) is 0 Å². The second-order valence-corrected chi connectivity index (χ2v) is 11.1. The van der Waals surface area contributed by atoms with Crippen LogP contribution in [0.15, 0.2) is 28.9 Å². The van der Waals surface area contributed by atoms with Crippen LogP contribution < -0.4 is 0 Å². The van der Waals surface area contributed by atoms with Crippen LogP contribution in [0.2, 0.25) is 0 Å². The topological polar surface area (TPSA) is 82.8 Å². The molecule has 7 heteroatoms. The first-order valence-electron chi connectivity index (χ1n) is 10.5. The van der Waals surface area contributed by atoms with Crippen LogP contribution in [0.4, 0.5) is 0 Å². The number of halogens is 1. The first kappa shape index (κ1) is 21.4. The van der Waals surface area contributed by atoms with Gasteiger partial charge in [-0.1, -0.05) is 42.8 Å². The summed E-state index contributed by atoms with van der Waals surface area (Å²) in [4.78, 5) is 25.9. The molecule has 2 fully saturated rings. The second kappa shape index (κ2) is 7.38. The monoisotopic (exact) mass is 476 g/mol. The van der Waals surface area contributed by atoms with E-state index >= 15 is 0 Å². The number of benzene rings is 1. The highest BCUT2D eigenvalue weighted by Gasteiger charge is 2.52. The van der Waals surface area contributed by atoms with E-state index in [1.165, 1.54) is 0 Å². The zero-order valence-electron chi connectivity index (χ0n) is 17.7. The van der Waals surface area contributed by atoms with Crippen molar-refractivity contribution in [1.29, 1.82) is 0 Å². The highest BCUT2D eigenvalue weighted by Crippen LogP contribution is 2.54. The SMILES string of the molecule is CC1(C)C[C@H]2C[C@](C)(CN2[C@H](C(=O)O)c2cn(CCC(=O)O)c3cc(Br)ccc23)C1. The number of hydrogen-bond donors (Lipinski definition) is 2. The highest BCUT2D eigenvalue weighted by atomic mass is 79.9. The number of nitrogens with zero attached hydrogens (tertiary/aromatic N) is 2. The second-order valence-electron chi connectivity index (χ2n) is 10.2. The number of carbonyl (C=O) groups is 2. The molecular weight excluding hydrogens is 448 g/mol. The number of aryl methyl sites for hydroxylation is 1. The van der Waals surface area contributed by atoms with E-state index in [0.717, 1.165) is 46.7 Å². The number of carboxylic acids is 2. The first-order chi connectivity index (χ1) is 14.0. The molecule has 2 aromatic rings. The third kappa shape index (κ3) is 3.89. The van der Waals surface area contributed by atoms with Crippen LogP contribution in [0.5, 0.6) is 0 Å². The molecule has 2 N–H and O–H groups in total. The van der Waals surface area contributed by atoms with Gasteiger partial charge < -0.3 is 14.8 Å². The minimum Gasteiger partial charge on any atom is -0.481 e. The van der Waals surface area contributed by atoms with Crippen molar-refractivity contribution in [3.63, 3.8) is 0 Å². The molecule has 1 aromatic carbocycles. The maximum absolute atomic E-state index is 12.6. The Kier molecular flexibility index (Phi) is 5.26. The predicted molar refractivity (Wildman–Crippen MR) is 119 cm³/mol. The quantitative estimate of drug-likeness (QED) is 0.618. The number of hydrogen-bond acceptors (Lipinski definition) is 3. The van der Waals surface area contributed by atoms with E-state index in [4.69, 9.17) is 5.11 Å². The summed E-state index contributed by atoms with van der Waals surface area (Å²) in [5, 5.41) is 20.3. The van der Waals surface area contributed by atoms with E-state index < -0.39 is 18.0 Å². The lowest BCUT2D eigenvalue weighted by Crippen LogP contribution is -2.39. The van der Waals surface area contributed by atoms with Gasteiger partial charge in [0.15, 0.2) is 0 Å². The van der Waals surface area contributed by atoms with Gasteiger partial charge in [0, 0.05) is 46.3 Å². The van der Waals surface area contributed by atoms with E-state index in [2.05, 4.69) is 41.6 Å². The zero-order chi connectivity index (χ0) is 21.8. The van der Waals surface area contributed by atoms with Crippen LogP contribution in [0, 0.1) is 10.8 Å². The van der Waals surface area contributed by atoms with Crippen molar-refractivity contribution in [3.05, 3.63) is 34.4 Å². The molecule has 1 saturated heterocycles. The Morgan fingerprint density at radius 1 is 1.23 bits per heavy atom. The lowest BCUT2D eigenvalue weighted by molar-refractivity contribution is -0.144. The van der Waals surface area contributed by atoms with Gasteiger partial charge in [-0.25, -0.2) is 0 Å². The summed E-state index contributed by atoms with van der Waals surface area (Å²) in [6, 6.07) is 5.30. The maximum atomic E-state index is 12.6. The van der Waals surface area contributed by atoms with Crippen LogP contribution >= 0.6 is 15.9 Å². The highest BCUT2D eigenvalue weighted by molar-refractivity contribution is 9.10. The van der Waals surface area contributed by atoms with E-state index in [1.807, 2.05) is 29.0 Å². The summed E-state index contributed by atoms with van der Waals surface area (Å²) in [6.07, 6.45) is 4.98. The molecule has 0 radical (unpaired) electrons. The lowest BCUT2D eigenvalue weighted by Gasteiger charge is -2.40. The molecule has 2 aliphatic rings. The Balaban J connectivity index is 1.79. The molecule has 162 valence electrons. The molecule has 0 spiro atoms. The van der Waals surface area contributed by atoms with Gasteiger partial charge in [0.1, 0.15) is 6.04 Å². The first-order valence-corrected chi connectivity index (χ1v) is 11.3. The maximum Gasteiger partial charge on any atom is 0.325 e. The van der Waals surface area contributed by atoms with Crippen molar-refractivity contribution in [3.8, 4) is 0 Å². The fraction of sp³-hybridized carbons (Fsp3) is 0.565. The van der Waals surface area contributed by atoms with Crippen molar-refractivity contribution >= 4 is 38.8 Å². The Hall–Kier alpha value is -1.86. The van der Waals surface area contributed by atoms with E-state index in [0.29, 0.717) is 6.54 Å². The predicted octanol–water partition coefficient (Wildman–Crippen LogP) is 4.90. The van der Waals surface area contributed by atoms with Gasteiger partial charge in [-0.15, -0.1) is 0 Å². The van der Waals surface area contributed by atoms with Gasteiger partial charge in [0.05, 0.1) is 6.42 Å². The summed E-state index contributed by atoms with van der Waals surface area (Å²) < 4.78 is 2.77. The van der Waals surface area contributed by atoms with Crippen LogP contribution in [0.3, 0.4) is 0 Å². The Morgan fingerprint density at radius 3 is 2.63 bits per heavy atom.